The third-order valence-corrected chi connectivity index (χ3v) is 9.16. The zero-order valence-corrected chi connectivity index (χ0v) is 27.8. The van der Waals surface area contributed by atoms with E-state index < -0.39 is 0 Å². The van der Waals surface area contributed by atoms with Gasteiger partial charge in [-0.2, -0.15) is 0 Å². The number of halogens is 1. The van der Waals surface area contributed by atoms with E-state index in [0.717, 1.165) is 45.6 Å². The number of hydrogen-bond donors (Lipinski definition) is 0. The molecule has 0 radical (unpaired) electrons. The molecule has 1 aliphatic rings. The van der Waals surface area contributed by atoms with Crippen LogP contribution in [0.4, 0.5) is 0 Å². The lowest BCUT2D eigenvalue weighted by Crippen LogP contribution is -2.52. The van der Waals surface area contributed by atoms with Gasteiger partial charge in [0.05, 0.1) is 44.2 Å². The summed E-state index contributed by atoms with van der Waals surface area (Å²) in [5.41, 5.74) is 6.28. The van der Waals surface area contributed by atoms with Gasteiger partial charge in [0.2, 0.25) is 0 Å². The summed E-state index contributed by atoms with van der Waals surface area (Å²) in [7, 11) is 1.67. The van der Waals surface area contributed by atoms with Gasteiger partial charge in [-0.05, 0) is 72.2 Å². The maximum Gasteiger partial charge on any atom is 0.141 e. The van der Waals surface area contributed by atoms with Gasteiger partial charge in [0.1, 0.15) is 23.7 Å². The Balaban J connectivity index is 1.54. The maximum atomic E-state index is 7.01. The first-order valence-electron chi connectivity index (χ1n) is 16.0. The first-order chi connectivity index (χ1) is 21.9. The fourth-order valence-electron chi connectivity index (χ4n) is 6.31. The normalized spacial score (nSPS) is 21.4. The van der Waals surface area contributed by atoms with Crippen LogP contribution in [0.2, 0.25) is 5.02 Å². The number of rotatable bonds is 13. The summed E-state index contributed by atoms with van der Waals surface area (Å²) >= 11 is 7.01. The Hall–Kier alpha value is -3.35. The zero-order valence-electron chi connectivity index (χ0n) is 27.0. The first kappa shape index (κ1) is 33.0. The Bertz CT molecular complexity index is 1490. The van der Waals surface area contributed by atoms with Gasteiger partial charge in [-0.25, -0.2) is 0 Å². The summed E-state index contributed by atoms with van der Waals surface area (Å²) in [6.07, 6.45) is 0.530. The largest absolute Gasteiger partial charge is 0.495 e. The lowest BCUT2D eigenvalue weighted by molar-refractivity contribution is -0.235. The van der Waals surface area contributed by atoms with Crippen LogP contribution < -0.4 is 9.47 Å². The number of methoxy groups -OCH3 is 1. The number of benzene rings is 4. The molecule has 1 saturated heterocycles. The molecule has 4 aromatic carbocycles. The Labute approximate surface area is 273 Å². The van der Waals surface area contributed by atoms with E-state index >= 15 is 0 Å². The van der Waals surface area contributed by atoms with E-state index in [9.17, 15) is 0 Å². The molecule has 0 unspecified atom stereocenters. The topological polar surface area (TPSA) is 46.2 Å². The molecule has 5 rings (SSSR count). The predicted molar refractivity (Wildman–Crippen MR) is 180 cm³/mol. The van der Waals surface area contributed by atoms with Gasteiger partial charge < -0.3 is 23.7 Å². The molecule has 0 saturated carbocycles. The summed E-state index contributed by atoms with van der Waals surface area (Å²) in [4.78, 5) is 0. The van der Waals surface area contributed by atoms with Crippen molar-refractivity contribution < 1.29 is 23.7 Å². The quantitative estimate of drug-likeness (QED) is 0.148. The van der Waals surface area contributed by atoms with Gasteiger partial charge in [-0.1, -0.05) is 104 Å². The van der Waals surface area contributed by atoms with E-state index in [0.29, 0.717) is 37.0 Å². The lowest BCUT2D eigenvalue weighted by atomic mass is 9.82. The molecule has 0 aromatic heterocycles. The molecule has 0 bridgehead atoms. The van der Waals surface area contributed by atoms with Crippen molar-refractivity contribution in [3.63, 3.8) is 0 Å². The third-order valence-electron chi connectivity index (χ3n) is 8.75. The molecule has 5 nitrogen and oxygen atoms in total. The molecule has 45 heavy (non-hydrogen) atoms. The van der Waals surface area contributed by atoms with Crippen molar-refractivity contribution in [1.29, 1.82) is 0 Å². The Morgan fingerprint density at radius 3 is 1.93 bits per heavy atom. The molecule has 1 aliphatic heterocycles. The minimum Gasteiger partial charge on any atom is -0.495 e. The van der Waals surface area contributed by atoms with Crippen LogP contribution in [0.3, 0.4) is 0 Å². The van der Waals surface area contributed by atoms with E-state index in [2.05, 4.69) is 63.2 Å². The molecule has 0 N–H and O–H groups in total. The van der Waals surface area contributed by atoms with Crippen LogP contribution in [0.1, 0.15) is 66.7 Å². The highest BCUT2D eigenvalue weighted by atomic mass is 35.5. The van der Waals surface area contributed by atoms with E-state index in [1.807, 2.05) is 55.5 Å². The summed E-state index contributed by atoms with van der Waals surface area (Å²) in [5.74, 6) is 1.63. The second-order valence-corrected chi connectivity index (χ2v) is 12.1. The second-order valence-electron chi connectivity index (χ2n) is 11.7. The molecule has 1 heterocycles. The fraction of sp³-hybridized carbons (Fsp3) is 0.385. The van der Waals surface area contributed by atoms with Gasteiger partial charge in [-0.3, -0.25) is 0 Å². The number of hydrogen-bond acceptors (Lipinski definition) is 5. The van der Waals surface area contributed by atoms with Gasteiger partial charge in [0.15, 0.2) is 0 Å². The molecular formula is C39H45ClO5. The average Bonchev–Trinajstić information content (AvgIpc) is 3.07. The second kappa shape index (κ2) is 15.8. The molecule has 6 heteroatoms. The fourth-order valence-corrected chi connectivity index (χ4v) is 6.65. The average molecular weight is 629 g/mol. The van der Waals surface area contributed by atoms with E-state index in [4.69, 9.17) is 35.3 Å². The summed E-state index contributed by atoms with van der Waals surface area (Å²) in [6, 6.07) is 30.9. The zero-order chi connectivity index (χ0) is 31.8. The maximum absolute atomic E-state index is 7.01. The van der Waals surface area contributed by atoms with Crippen molar-refractivity contribution in [2.45, 2.75) is 78.2 Å². The molecular weight excluding hydrogens is 584 g/mol. The molecule has 0 aliphatic carbocycles. The summed E-state index contributed by atoms with van der Waals surface area (Å²) in [5, 5.41) is 0.613. The van der Waals surface area contributed by atoms with Crippen molar-refractivity contribution in [3.8, 4) is 11.5 Å². The van der Waals surface area contributed by atoms with Crippen LogP contribution in [-0.4, -0.2) is 32.0 Å². The van der Waals surface area contributed by atoms with Crippen LogP contribution in [-0.2, 0) is 33.8 Å². The highest BCUT2D eigenvalue weighted by Gasteiger charge is 2.46. The van der Waals surface area contributed by atoms with Crippen molar-refractivity contribution in [1.82, 2.24) is 0 Å². The minimum absolute atomic E-state index is 0.0111. The van der Waals surface area contributed by atoms with Gasteiger partial charge in [-0.15, -0.1) is 0 Å². The van der Waals surface area contributed by atoms with E-state index in [-0.39, 0.29) is 30.3 Å². The molecule has 5 atom stereocenters. The van der Waals surface area contributed by atoms with Crippen molar-refractivity contribution in [2.24, 2.45) is 5.92 Å². The smallest absolute Gasteiger partial charge is 0.141 e. The first-order valence-corrected chi connectivity index (χ1v) is 16.3. The van der Waals surface area contributed by atoms with Crippen molar-refractivity contribution >= 4 is 11.6 Å². The molecule has 238 valence electrons. The van der Waals surface area contributed by atoms with Crippen LogP contribution >= 0.6 is 11.6 Å². The standard InChI is InChI=1S/C39H45ClO5/c1-6-34-27(4)37(43-24-29-14-10-8-11-15-29)39(44-25-30-16-12-9-13-17-30)38(45-34)33-23-31(35(40)36(41-5)26(33)3)22-28-18-20-32(21-19-28)42-7-2/h8-21,23,27,34,37-39H,6-7,22,24-25H2,1-5H3/t27-,34-,37+,38+,39-/m1/s1. The van der Waals surface area contributed by atoms with Crippen LogP contribution in [0.25, 0.3) is 0 Å². The highest BCUT2D eigenvalue weighted by molar-refractivity contribution is 6.33. The lowest BCUT2D eigenvalue weighted by Gasteiger charge is -2.46. The van der Waals surface area contributed by atoms with Crippen LogP contribution in [0.15, 0.2) is 91.0 Å². The molecule has 0 spiro atoms. The Morgan fingerprint density at radius 2 is 1.38 bits per heavy atom. The molecule has 0 amide bonds. The summed E-state index contributed by atoms with van der Waals surface area (Å²) in [6.45, 7) is 10.00. The van der Waals surface area contributed by atoms with Gasteiger partial charge in [0.25, 0.3) is 0 Å². The van der Waals surface area contributed by atoms with Gasteiger partial charge in [0, 0.05) is 5.92 Å². The van der Waals surface area contributed by atoms with E-state index in [1.165, 1.54) is 0 Å². The molecule has 4 aromatic rings. The summed E-state index contributed by atoms with van der Waals surface area (Å²) < 4.78 is 32.1. The molecule has 1 fully saturated rings. The highest BCUT2D eigenvalue weighted by Crippen LogP contribution is 2.45. The van der Waals surface area contributed by atoms with Gasteiger partial charge >= 0.3 is 0 Å². The number of ether oxygens (including phenoxy) is 5. The predicted octanol–water partition coefficient (Wildman–Crippen LogP) is 9.30. The van der Waals surface area contributed by atoms with E-state index in [1.54, 1.807) is 7.11 Å². The van der Waals surface area contributed by atoms with Crippen molar-refractivity contribution in [3.05, 3.63) is 129 Å². The Kier molecular flexibility index (Phi) is 11.6. The third kappa shape index (κ3) is 7.90. The van der Waals surface area contributed by atoms with Crippen molar-refractivity contribution in [2.75, 3.05) is 13.7 Å². The van der Waals surface area contributed by atoms with Crippen LogP contribution in [0, 0.1) is 12.8 Å². The SMILES string of the molecule is CCOc1ccc(Cc2cc([C@@H]3O[C@H](CC)[C@@H](C)[C@H](OCc4ccccc4)[C@H]3OCc3ccccc3)c(C)c(OC)c2Cl)cc1. The van der Waals surface area contributed by atoms with Crippen LogP contribution in [0.5, 0.6) is 11.5 Å². The minimum atomic E-state index is -0.388. The monoisotopic (exact) mass is 628 g/mol. The Morgan fingerprint density at radius 1 is 0.778 bits per heavy atom.